The summed E-state index contributed by atoms with van der Waals surface area (Å²) in [7, 11) is -2.19. The molecule has 4 rings (SSSR count). The van der Waals surface area contributed by atoms with Crippen molar-refractivity contribution in [2.75, 3.05) is 51.3 Å². The van der Waals surface area contributed by atoms with E-state index >= 15 is 0 Å². The number of sulfonamides is 1. The number of anilines is 1. The molecule has 2 aliphatic rings. The lowest BCUT2D eigenvalue weighted by Gasteiger charge is -2.43. The van der Waals surface area contributed by atoms with E-state index in [1.54, 1.807) is 43.8 Å². The highest BCUT2D eigenvalue weighted by atomic mass is 35.5. The molecule has 0 spiro atoms. The predicted octanol–water partition coefficient (Wildman–Crippen LogP) is 3.11. The van der Waals surface area contributed by atoms with Gasteiger partial charge in [0.05, 0.1) is 19.2 Å². The molecule has 8 nitrogen and oxygen atoms in total. The van der Waals surface area contributed by atoms with Gasteiger partial charge in [-0.05, 0) is 54.7 Å². The summed E-state index contributed by atoms with van der Waals surface area (Å²) in [5.41, 5.74) is 1.88. The van der Waals surface area contributed by atoms with E-state index in [1.807, 2.05) is 17.0 Å². The number of halogens is 1. The molecule has 188 valence electrons. The Morgan fingerprint density at radius 2 is 1.80 bits per heavy atom. The fourth-order valence-electron chi connectivity index (χ4n) is 4.65. The zero-order chi connectivity index (χ0) is 24.8. The number of hydrogen-bond donors (Lipinski definition) is 0. The van der Waals surface area contributed by atoms with Gasteiger partial charge in [-0.15, -0.1) is 0 Å². The van der Waals surface area contributed by atoms with E-state index in [9.17, 15) is 13.2 Å². The summed E-state index contributed by atoms with van der Waals surface area (Å²) < 4.78 is 32.6. The molecular formula is C25H31ClN4O4S. The predicted molar refractivity (Wildman–Crippen MR) is 138 cm³/mol. The van der Waals surface area contributed by atoms with Crippen LogP contribution in [0.3, 0.4) is 0 Å². The average molecular weight is 519 g/mol. The first kappa shape index (κ1) is 25.6. The van der Waals surface area contributed by atoms with Crippen molar-refractivity contribution in [2.24, 2.45) is 5.92 Å². The number of piperidine rings is 1. The van der Waals surface area contributed by atoms with Gasteiger partial charge in [0.2, 0.25) is 15.9 Å². The van der Waals surface area contributed by atoms with Crippen molar-refractivity contribution in [3.8, 4) is 0 Å². The Labute approximate surface area is 212 Å². The lowest BCUT2D eigenvalue weighted by molar-refractivity contribution is -0.140. The minimum Gasteiger partial charge on any atom is -0.382 e. The van der Waals surface area contributed by atoms with E-state index in [-0.39, 0.29) is 31.6 Å². The Bertz CT molecular complexity index is 1120. The van der Waals surface area contributed by atoms with E-state index in [0.717, 1.165) is 42.6 Å². The number of nitrogens with zero attached hydrogens (tertiary/aromatic N) is 4. The van der Waals surface area contributed by atoms with Crippen LogP contribution in [0.1, 0.15) is 18.4 Å². The molecule has 2 aromatic rings. The summed E-state index contributed by atoms with van der Waals surface area (Å²) in [6.07, 6.45) is 7.06. The lowest BCUT2D eigenvalue weighted by atomic mass is 9.95. The van der Waals surface area contributed by atoms with Gasteiger partial charge < -0.3 is 14.5 Å². The fourth-order valence-corrected chi connectivity index (χ4v) is 5.95. The molecule has 2 saturated heterocycles. The van der Waals surface area contributed by atoms with Crippen molar-refractivity contribution in [3.63, 3.8) is 0 Å². The third kappa shape index (κ3) is 6.61. The summed E-state index contributed by atoms with van der Waals surface area (Å²) in [4.78, 5) is 21.4. The van der Waals surface area contributed by atoms with Gasteiger partial charge in [-0.1, -0.05) is 23.7 Å². The molecule has 35 heavy (non-hydrogen) atoms. The molecule has 2 aliphatic heterocycles. The molecule has 0 saturated carbocycles. The van der Waals surface area contributed by atoms with Crippen LogP contribution >= 0.6 is 11.6 Å². The lowest BCUT2D eigenvalue weighted by Crippen LogP contribution is -2.60. The topological polar surface area (TPSA) is 83.0 Å². The summed E-state index contributed by atoms with van der Waals surface area (Å²) >= 11 is 5.89. The first-order valence-corrected chi connectivity index (χ1v) is 13.6. The minimum atomic E-state index is -3.77. The third-order valence-electron chi connectivity index (χ3n) is 6.61. The van der Waals surface area contributed by atoms with Crippen LogP contribution in [-0.4, -0.2) is 81.0 Å². The number of pyridine rings is 1. The van der Waals surface area contributed by atoms with Crippen LogP contribution < -0.4 is 4.90 Å². The standard InChI is InChI=1S/C25H31ClN4O4S/c1-34-19-24-17-29(35(32,33)15-10-20-2-4-22(26)5-3-20)18-25(31)30(24)16-21-8-13-28(14-9-21)23-6-11-27-12-7-23/h2-7,10-12,15,21,24H,8-9,13-14,16-19H2,1H3. The van der Waals surface area contributed by atoms with E-state index < -0.39 is 10.0 Å². The van der Waals surface area contributed by atoms with Crippen molar-refractivity contribution in [2.45, 2.75) is 18.9 Å². The number of carbonyl (C=O) groups is 1. The Hall–Kier alpha value is -2.46. The SMILES string of the molecule is COCC1CN(S(=O)(=O)C=Cc2ccc(Cl)cc2)CC(=O)N1CC1CCN(c2ccncc2)CC1. The van der Waals surface area contributed by atoms with Crippen molar-refractivity contribution in [1.29, 1.82) is 0 Å². The summed E-state index contributed by atoms with van der Waals surface area (Å²) in [6, 6.07) is 10.6. The Kier molecular flexibility index (Phi) is 8.43. The maximum atomic E-state index is 13.1. The first-order valence-electron chi connectivity index (χ1n) is 11.7. The number of aromatic nitrogens is 1. The number of carbonyl (C=O) groups excluding carboxylic acids is 1. The summed E-state index contributed by atoms with van der Waals surface area (Å²) in [5.74, 6) is 0.183. The highest BCUT2D eigenvalue weighted by Crippen LogP contribution is 2.26. The molecule has 1 aromatic heterocycles. The molecule has 0 bridgehead atoms. The van der Waals surface area contributed by atoms with Gasteiger partial charge in [0.1, 0.15) is 0 Å². The smallest absolute Gasteiger partial charge is 0.238 e. The number of hydrogen-bond acceptors (Lipinski definition) is 6. The molecule has 1 atom stereocenters. The molecule has 0 aliphatic carbocycles. The van der Waals surface area contributed by atoms with Crippen LogP contribution in [0, 0.1) is 5.92 Å². The molecule has 1 amide bonds. The fraction of sp³-hybridized carbons (Fsp3) is 0.440. The van der Waals surface area contributed by atoms with E-state index in [2.05, 4.69) is 9.88 Å². The van der Waals surface area contributed by atoms with Gasteiger partial charge in [0, 0.05) is 61.8 Å². The average Bonchev–Trinajstić information content (AvgIpc) is 2.86. The molecule has 1 unspecified atom stereocenters. The van der Waals surface area contributed by atoms with Gasteiger partial charge in [-0.2, -0.15) is 4.31 Å². The van der Waals surface area contributed by atoms with Gasteiger partial charge in [0.25, 0.3) is 0 Å². The second kappa shape index (κ2) is 11.5. The molecule has 0 radical (unpaired) electrons. The van der Waals surface area contributed by atoms with E-state index in [1.165, 1.54) is 10.4 Å². The maximum Gasteiger partial charge on any atom is 0.238 e. The van der Waals surface area contributed by atoms with Crippen LogP contribution in [0.5, 0.6) is 0 Å². The molecule has 3 heterocycles. The van der Waals surface area contributed by atoms with Gasteiger partial charge in [0.15, 0.2) is 0 Å². The Morgan fingerprint density at radius 3 is 2.46 bits per heavy atom. The van der Waals surface area contributed by atoms with Crippen LogP contribution in [0.15, 0.2) is 54.2 Å². The second-order valence-corrected chi connectivity index (χ2v) is 11.2. The summed E-state index contributed by atoms with van der Waals surface area (Å²) in [5, 5.41) is 1.73. The molecule has 10 heteroatoms. The summed E-state index contributed by atoms with van der Waals surface area (Å²) in [6.45, 7) is 2.79. The number of methoxy groups -OCH3 is 1. The highest BCUT2D eigenvalue weighted by molar-refractivity contribution is 7.92. The largest absolute Gasteiger partial charge is 0.382 e. The normalized spacial score (nSPS) is 20.6. The van der Waals surface area contributed by atoms with Crippen molar-refractivity contribution >= 4 is 39.3 Å². The molecule has 2 fully saturated rings. The Morgan fingerprint density at radius 1 is 1.11 bits per heavy atom. The monoisotopic (exact) mass is 518 g/mol. The number of ether oxygens (including phenoxy) is 1. The van der Waals surface area contributed by atoms with Crippen LogP contribution in [-0.2, 0) is 19.6 Å². The Balaban J connectivity index is 1.38. The van der Waals surface area contributed by atoms with Crippen LogP contribution in [0.2, 0.25) is 5.02 Å². The highest BCUT2D eigenvalue weighted by Gasteiger charge is 2.38. The van der Waals surface area contributed by atoms with E-state index in [4.69, 9.17) is 16.3 Å². The third-order valence-corrected chi connectivity index (χ3v) is 8.34. The number of benzene rings is 1. The zero-order valence-electron chi connectivity index (χ0n) is 19.8. The van der Waals surface area contributed by atoms with Gasteiger partial charge in [-0.25, -0.2) is 8.42 Å². The van der Waals surface area contributed by atoms with Gasteiger partial charge >= 0.3 is 0 Å². The molecular weight excluding hydrogens is 488 g/mol. The van der Waals surface area contributed by atoms with Crippen molar-refractivity contribution in [1.82, 2.24) is 14.2 Å². The van der Waals surface area contributed by atoms with Crippen molar-refractivity contribution < 1.29 is 17.9 Å². The minimum absolute atomic E-state index is 0.163. The van der Waals surface area contributed by atoms with Crippen LogP contribution in [0.25, 0.3) is 6.08 Å². The number of rotatable bonds is 8. The van der Waals surface area contributed by atoms with Crippen molar-refractivity contribution in [3.05, 3.63) is 64.8 Å². The molecule has 0 N–H and O–H groups in total. The number of piperazine rings is 1. The number of amides is 1. The quantitative estimate of drug-likeness (QED) is 0.534. The van der Waals surface area contributed by atoms with Gasteiger partial charge in [-0.3, -0.25) is 9.78 Å². The first-order chi connectivity index (χ1) is 16.9. The zero-order valence-corrected chi connectivity index (χ0v) is 21.4. The van der Waals surface area contributed by atoms with Crippen LogP contribution in [0.4, 0.5) is 5.69 Å². The second-order valence-electron chi connectivity index (χ2n) is 8.98. The maximum absolute atomic E-state index is 13.1. The van der Waals surface area contributed by atoms with E-state index in [0.29, 0.717) is 17.5 Å². The molecule has 1 aromatic carbocycles.